The van der Waals surface area contributed by atoms with Crippen molar-refractivity contribution >= 4 is 5.97 Å². The van der Waals surface area contributed by atoms with E-state index in [4.69, 9.17) is 5.11 Å². The van der Waals surface area contributed by atoms with Crippen LogP contribution < -0.4 is 0 Å². The fraction of sp³-hybridized carbons (Fsp3) is 0.550. The summed E-state index contributed by atoms with van der Waals surface area (Å²) < 4.78 is 27.1. The van der Waals surface area contributed by atoms with Gasteiger partial charge in [0.1, 0.15) is 0 Å². The van der Waals surface area contributed by atoms with Crippen molar-refractivity contribution in [3.05, 3.63) is 48.6 Å². The largest absolute Gasteiger partial charge is 0.478 e. The van der Waals surface area contributed by atoms with Crippen LogP contribution >= 0.6 is 0 Å². The van der Waals surface area contributed by atoms with Crippen molar-refractivity contribution in [3.63, 3.8) is 0 Å². The molecule has 0 radical (unpaired) electrons. The zero-order chi connectivity index (χ0) is 18.1. The van der Waals surface area contributed by atoms with E-state index < -0.39 is 11.9 Å². The number of aliphatic carboxylic acids is 1. The topological polar surface area (TPSA) is 37.3 Å². The predicted molar refractivity (Wildman–Crippen MR) is 96.4 cm³/mol. The summed E-state index contributed by atoms with van der Waals surface area (Å²) >= 11 is 0. The number of carboxylic acids is 1. The number of carboxylic acid groups (broad SMARTS) is 1. The van der Waals surface area contributed by atoms with E-state index in [1.165, 1.54) is 6.08 Å². The lowest BCUT2D eigenvalue weighted by Gasteiger charge is -2.11. The second kappa shape index (κ2) is 14.9. The quantitative estimate of drug-likeness (QED) is 0.224. The van der Waals surface area contributed by atoms with Crippen LogP contribution in [0.2, 0.25) is 0 Å². The van der Waals surface area contributed by atoms with Gasteiger partial charge in [-0.25, -0.2) is 13.6 Å². The maximum Gasteiger partial charge on any atom is 0.327 e. The lowest BCUT2D eigenvalue weighted by Crippen LogP contribution is -2.11. The molecule has 0 fully saturated rings. The summed E-state index contributed by atoms with van der Waals surface area (Å²) in [5, 5.41) is 8.39. The normalized spacial score (nSPS) is 13.1. The first-order valence-corrected chi connectivity index (χ1v) is 8.73. The van der Waals surface area contributed by atoms with Gasteiger partial charge in [-0.15, -0.1) is 0 Å². The molecule has 0 aliphatic carbocycles. The van der Waals surface area contributed by atoms with Gasteiger partial charge in [-0.2, -0.15) is 0 Å². The Bertz CT molecular complexity index is 435. The van der Waals surface area contributed by atoms with Crippen LogP contribution in [0.3, 0.4) is 0 Å². The highest BCUT2D eigenvalue weighted by Gasteiger charge is 2.23. The summed E-state index contributed by atoms with van der Waals surface area (Å²) in [5.74, 6) is -3.65. The summed E-state index contributed by atoms with van der Waals surface area (Å²) in [6, 6.07) is 0. The second-order valence-electron chi connectivity index (χ2n) is 5.72. The van der Waals surface area contributed by atoms with Crippen LogP contribution in [0.4, 0.5) is 8.78 Å². The van der Waals surface area contributed by atoms with Gasteiger partial charge >= 0.3 is 5.97 Å². The molecular formula is C20H30F2O2. The smallest absolute Gasteiger partial charge is 0.327 e. The molecule has 0 saturated heterocycles. The summed E-state index contributed by atoms with van der Waals surface area (Å²) in [6.45, 7) is 2.11. The van der Waals surface area contributed by atoms with Gasteiger partial charge in [0.15, 0.2) is 0 Å². The third kappa shape index (κ3) is 16.7. The van der Waals surface area contributed by atoms with Crippen LogP contribution in [0.25, 0.3) is 0 Å². The maximum atomic E-state index is 13.6. The molecule has 24 heavy (non-hydrogen) atoms. The SMILES string of the molecule is CCCCCCCC(F)(F)C=CCC=CCC=CCC=CC(=O)O. The minimum atomic E-state index is -2.70. The summed E-state index contributed by atoms with van der Waals surface area (Å²) in [5.41, 5.74) is 0. The zero-order valence-corrected chi connectivity index (χ0v) is 14.6. The molecule has 0 spiro atoms. The minimum absolute atomic E-state index is 0.0659. The fourth-order valence-corrected chi connectivity index (χ4v) is 2.08. The van der Waals surface area contributed by atoms with Crippen molar-refractivity contribution in [1.82, 2.24) is 0 Å². The molecule has 1 N–H and O–H groups in total. The number of carbonyl (C=O) groups is 1. The van der Waals surface area contributed by atoms with Crippen molar-refractivity contribution in [2.75, 3.05) is 0 Å². The van der Waals surface area contributed by atoms with E-state index in [9.17, 15) is 13.6 Å². The molecule has 136 valence electrons. The van der Waals surface area contributed by atoms with Crippen molar-refractivity contribution in [2.45, 2.75) is 70.6 Å². The molecule has 0 heterocycles. The average molecular weight is 340 g/mol. The van der Waals surface area contributed by atoms with Crippen LogP contribution in [-0.2, 0) is 4.79 Å². The van der Waals surface area contributed by atoms with Gasteiger partial charge in [0.2, 0.25) is 0 Å². The lowest BCUT2D eigenvalue weighted by atomic mass is 10.1. The number of hydrogen-bond donors (Lipinski definition) is 1. The van der Waals surface area contributed by atoms with Crippen LogP contribution in [0.5, 0.6) is 0 Å². The number of halogens is 2. The molecule has 0 amide bonds. The molecular weight excluding hydrogens is 310 g/mol. The Hall–Kier alpha value is -1.71. The van der Waals surface area contributed by atoms with Gasteiger partial charge in [-0.1, -0.05) is 69.1 Å². The highest BCUT2D eigenvalue weighted by molar-refractivity contribution is 5.79. The Kier molecular flexibility index (Phi) is 13.8. The highest BCUT2D eigenvalue weighted by atomic mass is 19.3. The monoisotopic (exact) mass is 340 g/mol. The molecule has 4 heteroatoms. The van der Waals surface area contributed by atoms with Crippen LogP contribution in [-0.4, -0.2) is 17.0 Å². The van der Waals surface area contributed by atoms with Gasteiger partial charge in [-0.05, 0) is 31.8 Å². The Morgan fingerprint density at radius 3 is 2.00 bits per heavy atom. The first-order valence-electron chi connectivity index (χ1n) is 8.73. The van der Waals surface area contributed by atoms with E-state index in [2.05, 4.69) is 6.92 Å². The summed E-state index contributed by atoms with van der Waals surface area (Å²) in [4.78, 5) is 10.2. The van der Waals surface area contributed by atoms with E-state index in [0.717, 1.165) is 37.8 Å². The molecule has 0 unspecified atom stereocenters. The van der Waals surface area contributed by atoms with E-state index in [1.54, 1.807) is 6.08 Å². The standard InChI is InChI=1S/C20H30F2O2/c1-2-3-4-11-14-17-20(21,22)18-15-12-9-7-5-6-8-10-13-16-19(23)24/h6-9,13,15-16,18H,2-5,10-12,14,17H2,1H3,(H,23,24). The molecule has 0 atom stereocenters. The van der Waals surface area contributed by atoms with Gasteiger partial charge < -0.3 is 5.11 Å². The van der Waals surface area contributed by atoms with Gasteiger partial charge in [-0.3, -0.25) is 0 Å². The van der Waals surface area contributed by atoms with Crippen LogP contribution in [0.15, 0.2) is 48.6 Å². The van der Waals surface area contributed by atoms with Crippen molar-refractivity contribution in [2.24, 2.45) is 0 Å². The molecule has 0 aromatic heterocycles. The Morgan fingerprint density at radius 1 is 0.875 bits per heavy atom. The Morgan fingerprint density at radius 2 is 1.42 bits per heavy atom. The van der Waals surface area contributed by atoms with E-state index in [-0.39, 0.29) is 6.42 Å². The second-order valence-corrected chi connectivity index (χ2v) is 5.72. The highest BCUT2D eigenvalue weighted by Crippen LogP contribution is 2.24. The number of hydrogen-bond acceptors (Lipinski definition) is 1. The van der Waals surface area contributed by atoms with Crippen molar-refractivity contribution < 1.29 is 18.7 Å². The van der Waals surface area contributed by atoms with Gasteiger partial charge in [0.05, 0.1) is 0 Å². The first-order chi connectivity index (χ1) is 11.5. The summed E-state index contributed by atoms with van der Waals surface area (Å²) in [7, 11) is 0. The Labute approximate surface area is 144 Å². The predicted octanol–water partition coefficient (Wildman–Crippen LogP) is 6.46. The molecule has 0 bridgehead atoms. The third-order valence-corrected chi connectivity index (χ3v) is 3.39. The molecule has 0 aromatic carbocycles. The molecule has 0 aliphatic rings. The van der Waals surface area contributed by atoms with E-state index >= 15 is 0 Å². The van der Waals surface area contributed by atoms with Crippen molar-refractivity contribution in [1.29, 1.82) is 0 Å². The van der Waals surface area contributed by atoms with E-state index in [0.29, 0.717) is 25.7 Å². The summed E-state index contributed by atoms with van der Waals surface area (Å²) in [6.07, 6.45) is 19.2. The third-order valence-electron chi connectivity index (χ3n) is 3.39. The van der Waals surface area contributed by atoms with Crippen molar-refractivity contribution in [3.8, 4) is 0 Å². The molecule has 0 rings (SSSR count). The molecule has 2 nitrogen and oxygen atoms in total. The molecule has 0 saturated carbocycles. The maximum absolute atomic E-state index is 13.6. The molecule has 0 aliphatic heterocycles. The van der Waals surface area contributed by atoms with Gasteiger partial charge in [0, 0.05) is 12.5 Å². The number of allylic oxidation sites excluding steroid dienone is 7. The first kappa shape index (κ1) is 22.3. The Balaban J connectivity index is 3.77. The van der Waals surface area contributed by atoms with Gasteiger partial charge in [0.25, 0.3) is 5.92 Å². The van der Waals surface area contributed by atoms with Crippen LogP contribution in [0, 0.1) is 0 Å². The van der Waals surface area contributed by atoms with E-state index in [1.807, 2.05) is 24.3 Å². The number of rotatable bonds is 14. The fourth-order valence-electron chi connectivity index (χ4n) is 2.08. The zero-order valence-electron chi connectivity index (χ0n) is 14.6. The number of alkyl halides is 2. The lowest BCUT2D eigenvalue weighted by molar-refractivity contribution is -0.131. The number of unbranched alkanes of at least 4 members (excludes halogenated alkanes) is 4. The molecule has 0 aromatic rings. The van der Waals surface area contributed by atoms with Crippen LogP contribution in [0.1, 0.15) is 64.7 Å². The minimum Gasteiger partial charge on any atom is -0.478 e. The average Bonchev–Trinajstić information content (AvgIpc) is 2.52.